The first-order valence-corrected chi connectivity index (χ1v) is 9.39. The Labute approximate surface area is 166 Å². The van der Waals surface area contributed by atoms with Gasteiger partial charge < -0.3 is 14.8 Å². The number of amides is 1. The van der Waals surface area contributed by atoms with E-state index in [1.807, 2.05) is 13.0 Å². The summed E-state index contributed by atoms with van der Waals surface area (Å²) in [6, 6.07) is 6.86. The summed E-state index contributed by atoms with van der Waals surface area (Å²) in [7, 11) is 1.46. The van der Waals surface area contributed by atoms with Gasteiger partial charge in [0.2, 0.25) is 0 Å². The summed E-state index contributed by atoms with van der Waals surface area (Å²) in [4.78, 5) is 37.4. The highest BCUT2D eigenvalue weighted by molar-refractivity contribution is 7.14. The fourth-order valence-electron chi connectivity index (χ4n) is 2.26. The molecule has 6 nitrogen and oxygen atoms in total. The second-order valence-electron chi connectivity index (χ2n) is 5.84. The van der Waals surface area contributed by atoms with E-state index in [1.54, 1.807) is 25.1 Å². The Hall–Kier alpha value is -2.38. The van der Waals surface area contributed by atoms with Crippen LogP contribution in [0.4, 0.5) is 5.69 Å². The number of thiophene rings is 1. The maximum Gasteiger partial charge on any atom is 0.306 e. The molecule has 2 rings (SSSR count). The molecule has 144 valence electrons. The van der Waals surface area contributed by atoms with Gasteiger partial charge in [0.25, 0.3) is 5.91 Å². The number of carbonyl (C=O) groups excluding carboxylic acids is 3. The van der Waals surface area contributed by atoms with Crippen molar-refractivity contribution in [3.05, 3.63) is 44.6 Å². The molecule has 0 aliphatic rings. The van der Waals surface area contributed by atoms with Gasteiger partial charge in [0.1, 0.15) is 5.75 Å². The third kappa shape index (κ3) is 6.08. The van der Waals surface area contributed by atoms with E-state index >= 15 is 0 Å². The average Bonchev–Trinajstić information content (AvgIpc) is 3.07. The fraction of sp³-hybridized carbons (Fsp3) is 0.316. The number of Topliss-reactive ketones (excluding diaryl/α,β-unsaturated/α-hetero) is 1. The summed E-state index contributed by atoms with van der Waals surface area (Å²) < 4.78 is 10.1. The topological polar surface area (TPSA) is 81.7 Å². The van der Waals surface area contributed by atoms with E-state index in [0.717, 1.165) is 10.4 Å². The van der Waals surface area contributed by atoms with E-state index < -0.39 is 18.5 Å². The Balaban J connectivity index is 1.80. The van der Waals surface area contributed by atoms with Crippen LogP contribution >= 0.6 is 22.9 Å². The van der Waals surface area contributed by atoms with E-state index in [2.05, 4.69) is 5.32 Å². The van der Waals surface area contributed by atoms with Gasteiger partial charge in [0, 0.05) is 22.4 Å². The highest BCUT2D eigenvalue weighted by Gasteiger charge is 2.15. The maximum atomic E-state index is 12.0. The minimum Gasteiger partial charge on any atom is -0.495 e. The second kappa shape index (κ2) is 9.53. The Morgan fingerprint density at radius 3 is 2.52 bits per heavy atom. The van der Waals surface area contributed by atoms with Gasteiger partial charge in [-0.1, -0.05) is 11.6 Å². The molecule has 0 atom stereocenters. The van der Waals surface area contributed by atoms with Crippen molar-refractivity contribution in [2.75, 3.05) is 19.0 Å². The molecular formula is C19H20ClNO5S. The zero-order valence-corrected chi connectivity index (χ0v) is 16.8. The number of hydrogen-bond donors (Lipinski definition) is 1. The molecule has 0 fully saturated rings. The van der Waals surface area contributed by atoms with E-state index in [-0.39, 0.29) is 18.6 Å². The number of ketones is 1. The van der Waals surface area contributed by atoms with E-state index in [9.17, 15) is 14.4 Å². The molecule has 27 heavy (non-hydrogen) atoms. The molecule has 1 heterocycles. The number of aryl methyl sites for hydroxylation is 2. The molecule has 0 radical (unpaired) electrons. The quantitative estimate of drug-likeness (QED) is 0.522. The SMILES string of the molecule is COc1cc(Cl)c(C)cc1NC(=O)COC(=O)CCC(=O)c1ccc(C)s1. The fourth-order valence-corrected chi connectivity index (χ4v) is 3.25. The molecule has 8 heteroatoms. The molecule has 0 saturated carbocycles. The van der Waals surface area contributed by atoms with Gasteiger partial charge in [0.15, 0.2) is 12.4 Å². The van der Waals surface area contributed by atoms with Crippen LogP contribution in [0.2, 0.25) is 5.02 Å². The Kier molecular flexibility index (Phi) is 7.38. The highest BCUT2D eigenvalue weighted by Crippen LogP contribution is 2.30. The van der Waals surface area contributed by atoms with Crippen LogP contribution in [0.15, 0.2) is 24.3 Å². The Bertz CT molecular complexity index is 862. The number of hydrogen-bond acceptors (Lipinski definition) is 6. The van der Waals surface area contributed by atoms with Crippen LogP contribution in [0.5, 0.6) is 5.75 Å². The van der Waals surface area contributed by atoms with Crippen LogP contribution in [0.1, 0.15) is 33.0 Å². The lowest BCUT2D eigenvalue weighted by Crippen LogP contribution is -2.21. The first-order chi connectivity index (χ1) is 12.8. The van der Waals surface area contributed by atoms with Crippen LogP contribution in [-0.2, 0) is 14.3 Å². The smallest absolute Gasteiger partial charge is 0.306 e. The van der Waals surface area contributed by atoms with Gasteiger partial charge >= 0.3 is 5.97 Å². The summed E-state index contributed by atoms with van der Waals surface area (Å²) in [5.74, 6) is -0.826. The molecule has 1 N–H and O–H groups in total. The first-order valence-electron chi connectivity index (χ1n) is 8.19. The lowest BCUT2D eigenvalue weighted by atomic mass is 10.2. The predicted octanol–water partition coefficient (Wildman–Crippen LogP) is 4.17. The van der Waals surface area contributed by atoms with Gasteiger partial charge in [0.05, 0.1) is 24.1 Å². The lowest BCUT2D eigenvalue weighted by Gasteiger charge is -2.12. The number of halogens is 1. The molecule has 1 aromatic heterocycles. The van der Waals surface area contributed by atoms with Crippen molar-refractivity contribution in [3.8, 4) is 5.75 Å². The van der Waals surface area contributed by atoms with Crippen molar-refractivity contribution in [3.63, 3.8) is 0 Å². The number of anilines is 1. The van der Waals surface area contributed by atoms with E-state index in [1.165, 1.54) is 18.4 Å². The van der Waals surface area contributed by atoms with Gasteiger partial charge in [-0.25, -0.2) is 0 Å². The molecule has 0 unspecified atom stereocenters. The third-order valence-corrected chi connectivity index (χ3v) is 5.14. The molecular weight excluding hydrogens is 390 g/mol. The zero-order chi connectivity index (χ0) is 20.0. The number of ether oxygens (including phenoxy) is 2. The molecule has 0 bridgehead atoms. The number of benzene rings is 1. The van der Waals surface area contributed by atoms with Crippen LogP contribution in [0.3, 0.4) is 0 Å². The van der Waals surface area contributed by atoms with Crippen molar-refractivity contribution in [1.82, 2.24) is 0 Å². The normalized spacial score (nSPS) is 10.4. The Morgan fingerprint density at radius 2 is 1.89 bits per heavy atom. The van der Waals surface area contributed by atoms with Gasteiger partial charge in [-0.3, -0.25) is 14.4 Å². The summed E-state index contributed by atoms with van der Waals surface area (Å²) >= 11 is 7.41. The van der Waals surface area contributed by atoms with Gasteiger partial charge in [-0.05, 0) is 37.6 Å². The second-order valence-corrected chi connectivity index (χ2v) is 7.54. The number of carbonyl (C=O) groups is 3. The average molecular weight is 410 g/mol. The number of rotatable bonds is 8. The molecule has 1 aromatic carbocycles. The summed E-state index contributed by atoms with van der Waals surface area (Å²) in [6.07, 6.45) is -0.0307. The molecule has 0 aliphatic carbocycles. The molecule has 2 aromatic rings. The number of methoxy groups -OCH3 is 1. The van der Waals surface area contributed by atoms with Gasteiger partial charge in [-0.15, -0.1) is 11.3 Å². The predicted molar refractivity (Wildman–Crippen MR) is 105 cm³/mol. The minimum absolute atomic E-state index is 0.0462. The van der Waals surface area contributed by atoms with Crippen molar-refractivity contribution in [2.24, 2.45) is 0 Å². The summed E-state index contributed by atoms with van der Waals surface area (Å²) in [5.41, 5.74) is 1.20. The molecule has 1 amide bonds. The van der Waals surface area contributed by atoms with E-state index in [0.29, 0.717) is 21.3 Å². The number of esters is 1. The van der Waals surface area contributed by atoms with Crippen molar-refractivity contribution < 1.29 is 23.9 Å². The monoisotopic (exact) mass is 409 g/mol. The molecule has 0 spiro atoms. The van der Waals surface area contributed by atoms with Crippen LogP contribution in [-0.4, -0.2) is 31.4 Å². The lowest BCUT2D eigenvalue weighted by molar-refractivity contribution is -0.147. The molecule has 0 saturated heterocycles. The molecule has 0 aliphatic heterocycles. The number of nitrogens with one attached hydrogen (secondary N) is 1. The first kappa shape index (κ1) is 20.9. The third-order valence-electron chi connectivity index (χ3n) is 3.69. The van der Waals surface area contributed by atoms with Crippen LogP contribution in [0, 0.1) is 13.8 Å². The van der Waals surface area contributed by atoms with Gasteiger partial charge in [-0.2, -0.15) is 0 Å². The Morgan fingerprint density at radius 1 is 1.15 bits per heavy atom. The van der Waals surface area contributed by atoms with Crippen LogP contribution in [0.25, 0.3) is 0 Å². The largest absolute Gasteiger partial charge is 0.495 e. The summed E-state index contributed by atoms with van der Waals surface area (Å²) in [5, 5.41) is 3.13. The highest BCUT2D eigenvalue weighted by atomic mass is 35.5. The maximum absolute atomic E-state index is 12.0. The van der Waals surface area contributed by atoms with Crippen molar-refractivity contribution >= 4 is 46.3 Å². The van der Waals surface area contributed by atoms with Crippen LogP contribution < -0.4 is 10.1 Å². The van der Waals surface area contributed by atoms with E-state index in [4.69, 9.17) is 21.1 Å². The standard InChI is InChI=1S/C19H20ClNO5S/c1-11-8-14(16(25-3)9-13(11)20)21-18(23)10-26-19(24)7-5-15(22)17-6-4-12(2)27-17/h4,6,8-9H,5,7,10H2,1-3H3,(H,21,23). The zero-order valence-electron chi connectivity index (χ0n) is 15.3. The van der Waals surface area contributed by atoms with Crippen molar-refractivity contribution in [2.45, 2.75) is 26.7 Å². The minimum atomic E-state index is -0.606. The summed E-state index contributed by atoms with van der Waals surface area (Å²) in [6.45, 7) is 3.25. The van der Waals surface area contributed by atoms with Crippen molar-refractivity contribution in [1.29, 1.82) is 0 Å².